The maximum absolute atomic E-state index is 12.0. The van der Waals surface area contributed by atoms with Crippen LogP contribution in [-0.4, -0.2) is 54.3 Å². The van der Waals surface area contributed by atoms with Crippen LogP contribution in [0, 0.1) is 0 Å². The van der Waals surface area contributed by atoms with Gasteiger partial charge in [0, 0.05) is 24.5 Å². The largest absolute Gasteiger partial charge is 0.334 e. The number of rotatable bonds is 3. The molecule has 1 aliphatic heterocycles. The number of urea groups is 1. The van der Waals surface area contributed by atoms with Crippen molar-refractivity contribution in [2.24, 2.45) is 0 Å². The van der Waals surface area contributed by atoms with Crippen LogP contribution in [0.2, 0.25) is 0 Å². The highest BCUT2D eigenvalue weighted by Gasteiger charge is 2.27. The summed E-state index contributed by atoms with van der Waals surface area (Å²) in [6, 6.07) is -0.588. The lowest BCUT2D eigenvalue weighted by atomic mass is 9.98. The summed E-state index contributed by atoms with van der Waals surface area (Å²) >= 11 is 1.33. The first-order chi connectivity index (χ1) is 10.6. The maximum Gasteiger partial charge on any atom is 0.321 e. The van der Waals surface area contributed by atoms with Crippen molar-refractivity contribution in [1.82, 2.24) is 19.8 Å². The number of carbonyl (C=O) groups excluding carboxylic acids is 1. The van der Waals surface area contributed by atoms with E-state index in [1.165, 1.54) is 21.9 Å². The summed E-state index contributed by atoms with van der Waals surface area (Å²) in [5, 5.41) is 14.8. The normalized spacial score (nSPS) is 20.3. The number of nitrogens with one attached hydrogen (secondary N) is 2. The molecule has 1 atom stereocenters. The fourth-order valence-electron chi connectivity index (χ4n) is 2.26. The van der Waals surface area contributed by atoms with Crippen molar-refractivity contribution in [2.45, 2.75) is 45.1 Å². The zero-order valence-corrected chi connectivity index (χ0v) is 15.4. The van der Waals surface area contributed by atoms with Gasteiger partial charge in [-0.2, -0.15) is 0 Å². The van der Waals surface area contributed by atoms with Gasteiger partial charge in [-0.15, -0.1) is 10.2 Å². The number of hydrogen-bond acceptors (Lipinski definition) is 6. The highest BCUT2D eigenvalue weighted by atomic mass is 32.2. The van der Waals surface area contributed by atoms with E-state index in [1.807, 2.05) is 20.8 Å². The molecule has 23 heavy (non-hydrogen) atoms. The highest BCUT2D eigenvalue weighted by molar-refractivity contribution is 7.88. The first-order valence-electron chi connectivity index (χ1n) is 7.42. The molecule has 0 saturated carbocycles. The number of anilines is 1. The smallest absolute Gasteiger partial charge is 0.321 e. The maximum atomic E-state index is 12.0. The van der Waals surface area contributed by atoms with Crippen LogP contribution in [0.4, 0.5) is 9.93 Å². The zero-order valence-electron chi connectivity index (χ0n) is 13.8. The summed E-state index contributed by atoms with van der Waals surface area (Å²) in [4.78, 5) is 12.0. The molecule has 2 rings (SSSR count). The summed E-state index contributed by atoms with van der Waals surface area (Å²) in [5.74, 6) is 0. The number of carbonyl (C=O) groups is 1. The van der Waals surface area contributed by atoms with Crippen LogP contribution in [0.1, 0.15) is 38.6 Å². The SMILES string of the molecule is CC(C)(C)c1nnc(NC(=O)NC2CCCN(S(C)(=O)=O)C2)s1. The van der Waals surface area contributed by atoms with Gasteiger partial charge in [0.2, 0.25) is 15.2 Å². The van der Waals surface area contributed by atoms with Crippen LogP contribution >= 0.6 is 11.3 Å². The molecular weight excluding hydrogens is 338 g/mol. The van der Waals surface area contributed by atoms with E-state index in [1.54, 1.807) is 0 Å². The Morgan fingerprint density at radius 3 is 2.61 bits per heavy atom. The van der Waals surface area contributed by atoms with Crippen molar-refractivity contribution in [3.63, 3.8) is 0 Å². The molecule has 0 radical (unpaired) electrons. The number of nitrogens with zero attached hydrogens (tertiary/aromatic N) is 3. The second-order valence-corrected chi connectivity index (χ2v) is 9.68. The molecule has 2 heterocycles. The Balaban J connectivity index is 1.91. The molecule has 0 aromatic carbocycles. The Kier molecular flexibility index (Phi) is 5.27. The van der Waals surface area contributed by atoms with E-state index in [2.05, 4.69) is 20.8 Å². The summed E-state index contributed by atoms with van der Waals surface area (Å²) in [6.07, 6.45) is 2.67. The van der Waals surface area contributed by atoms with Gasteiger partial charge in [0.1, 0.15) is 5.01 Å². The van der Waals surface area contributed by atoms with Gasteiger partial charge in [-0.05, 0) is 12.8 Å². The van der Waals surface area contributed by atoms with Crippen molar-refractivity contribution in [2.75, 3.05) is 24.7 Å². The highest BCUT2D eigenvalue weighted by Crippen LogP contribution is 2.27. The number of piperidine rings is 1. The minimum Gasteiger partial charge on any atom is -0.334 e. The Morgan fingerprint density at radius 1 is 1.35 bits per heavy atom. The predicted molar refractivity (Wildman–Crippen MR) is 90.2 cm³/mol. The van der Waals surface area contributed by atoms with Crippen molar-refractivity contribution < 1.29 is 13.2 Å². The molecule has 0 bridgehead atoms. The molecular formula is C13H23N5O3S2. The first kappa shape index (κ1) is 18.1. The van der Waals surface area contributed by atoms with E-state index in [0.717, 1.165) is 17.8 Å². The molecule has 1 aliphatic rings. The Bertz CT molecular complexity index is 665. The van der Waals surface area contributed by atoms with Crippen LogP contribution in [0.15, 0.2) is 0 Å². The van der Waals surface area contributed by atoms with Crippen molar-refractivity contribution in [3.05, 3.63) is 5.01 Å². The first-order valence-corrected chi connectivity index (χ1v) is 10.1. The van der Waals surface area contributed by atoms with Gasteiger partial charge in [-0.1, -0.05) is 32.1 Å². The molecule has 2 amide bonds. The average molecular weight is 361 g/mol. The van der Waals surface area contributed by atoms with E-state index in [4.69, 9.17) is 0 Å². The number of amides is 2. The van der Waals surface area contributed by atoms with Crippen LogP contribution in [0.3, 0.4) is 0 Å². The van der Waals surface area contributed by atoms with Gasteiger partial charge < -0.3 is 5.32 Å². The van der Waals surface area contributed by atoms with Crippen molar-refractivity contribution in [1.29, 1.82) is 0 Å². The van der Waals surface area contributed by atoms with E-state index >= 15 is 0 Å². The molecule has 10 heteroatoms. The fraction of sp³-hybridized carbons (Fsp3) is 0.769. The molecule has 8 nitrogen and oxygen atoms in total. The van der Waals surface area contributed by atoms with Gasteiger partial charge in [-0.3, -0.25) is 5.32 Å². The third-order valence-corrected chi connectivity index (χ3v) is 6.01. The lowest BCUT2D eigenvalue weighted by Gasteiger charge is -2.31. The average Bonchev–Trinajstić information content (AvgIpc) is 2.86. The second-order valence-electron chi connectivity index (χ2n) is 6.72. The second kappa shape index (κ2) is 6.70. The van der Waals surface area contributed by atoms with E-state index in [0.29, 0.717) is 18.2 Å². The number of sulfonamides is 1. The molecule has 1 unspecified atom stereocenters. The molecule has 1 fully saturated rings. The molecule has 0 spiro atoms. The van der Waals surface area contributed by atoms with Crippen LogP contribution < -0.4 is 10.6 Å². The molecule has 1 aromatic heterocycles. The van der Waals surface area contributed by atoms with Crippen molar-refractivity contribution in [3.8, 4) is 0 Å². The molecule has 1 aromatic rings. The minimum absolute atomic E-state index is 0.118. The Hall–Kier alpha value is -1.26. The zero-order chi connectivity index (χ0) is 17.3. The standard InChI is InChI=1S/C13H23N5O3S2/c1-13(2,3)10-16-17-12(22-10)15-11(19)14-9-6-5-7-18(8-9)23(4,20)21/h9H,5-8H2,1-4H3,(H2,14,15,17,19). The quantitative estimate of drug-likeness (QED) is 0.846. The van der Waals surface area contributed by atoms with Gasteiger partial charge in [-0.25, -0.2) is 17.5 Å². The summed E-state index contributed by atoms with van der Waals surface area (Å²) in [6.45, 7) is 6.89. The van der Waals surface area contributed by atoms with E-state index in [9.17, 15) is 13.2 Å². The van der Waals surface area contributed by atoms with E-state index in [-0.39, 0.29) is 17.5 Å². The molecule has 130 valence electrons. The third-order valence-electron chi connectivity index (χ3n) is 3.48. The number of aromatic nitrogens is 2. The Labute approximate surface area is 140 Å². The lowest BCUT2D eigenvalue weighted by Crippen LogP contribution is -2.50. The molecule has 1 saturated heterocycles. The molecule has 0 aliphatic carbocycles. The lowest BCUT2D eigenvalue weighted by molar-refractivity contribution is 0.236. The fourth-order valence-corrected chi connectivity index (χ4v) is 3.96. The summed E-state index contributed by atoms with van der Waals surface area (Å²) in [5.41, 5.74) is -0.118. The van der Waals surface area contributed by atoms with Gasteiger partial charge in [0.25, 0.3) is 0 Å². The summed E-state index contributed by atoms with van der Waals surface area (Å²) in [7, 11) is -3.23. The van der Waals surface area contributed by atoms with Crippen LogP contribution in [0.25, 0.3) is 0 Å². The monoisotopic (exact) mass is 361 g/mol. The summed E-state index contributed by atoms with van der Waals surface area (Å²) < 4.78 is 24.6. The van der Waals surface area contributed by atoms with E-state index < -0.39 is 10.0 Å². The van der Waals surface area contributed by atoms with Gasteiger partial charge in [0.15, 0.2) is 0 Å². The van der Waals surface area contributed by atoms with Crippen LogP contribution in [-0.2, 0) is 15.4 Å². The third kappa shape index (κ3) is 5.11. The minimum atomic E-state index is -3.23. The number of hydrogen-bond donors (Lipinski definition) is 2. The van der Waals surface area contributed by atoms with Gasteiger partial charge in [0.05, 0.1) is 6.26 Å². The topological polar surface area (TPSA) is 104 Å². The Morgan fingerprint density at radius 2 is 2.04 bits per heavy atom. The predicted octanol–water partition coefficient (Wildman–Crippen LogP) is 1.38. The molecule has 2 N–H and O–H groups in total. The van der Waals surface area contributed by atoms with Crippen LogP contribution in [0.5, 0.6) is 0 Å². The van der Waals surface area contributed by atoms with Gasteiger partial charge >= 0.3 is 6.03 Å². The van der Waals surface area contributed by atoms with Crippen molar-refractivity contribution >= 4 is 32.5 Å².